The predicted molar refractivity (Wildman–Crippen MR) is 101 cm³/mol. The molecule has 26 heavy (non-hydrogen) atoms. The Kier molecular flexibility index (Phi) is 5.21. The predicted octanol–water partition coefficient (Wildman–Crippen LogP) is 2.97. The van der Waals surface area contributed by atoms with Gasteiger partial charge in [0.1, 0.15) is 6.04 Å². The number of fused-ring (bicyclic) bond motifs is 1. The second kappa shape index (κ2) is 7.12. The van der Waals surface area contributed by atoms with E-state index in [4.69, 9.17) is 16.3 Å². The first-order valence-electron chi connectivity index (χ1n) is 8.45. The number of nitrogens with zero attached hydrogens (tertiary/aromatic N) is 1. The molecule has 0 spiro atoms. The molecule has 0 aliphatic carbocycles. The number of ether oxygens (including phenoxy) is 1. The van der Waals surface area contributed by atoms with Crippen LogP contribution in [0.2, 0.25) is 5.02 Å². The van der Waals surface area contributed by atoms with E-state index >= 15 is 0 Å². The highest BCUT2D eigenvalue weighted by molar-refractivity contribution is 8.01. The van der Waals surface area contributed by atoms with Crippen molar-refractivity contribution in [2.45, 2.75) is 50.6 Å². The maximum absolute atomic E-state index is 12.5. The number of aryl methyl sites for hydroxylation is 1. The number of anilines is 1. The Hall–Kier alpha value is -1.73. The quantitative estimate of drug-likeness (QED) is 0.792. The first kappa shape index (κ1) is 19.0. The van der Waals surface area contributed by atoms with Gasteiger partial charge in [-0.05, 0) is 44.9 Å². The van der Waals surface area contributed by atoms with E-state index in [0.717, 1.165) is 12.0 Å². The van der Waals surface area contributed by atoms with Crippen LogP contribution in [0.5, 0.6) is 0 Å². The van der Waals surface area contributed by atoms with Gasteiger partial charge in [-0.2, -0.15) is 0 Å². The molecule has 0 saturated carbocycles. The van der Waals surface area contributed by atoms with E-state index in [1.54, 1.807) is 34.9 Å². The molecule has 2 aliphatic heterocycles. The smallest absolute Gasteiger partial charge is 0.330 e. The number of hydrogen-bond acceptors (Lipinski definition) is 5. The lowest BCUT2D eigenvalue weighted by atomic mass is 10.2. The number of hydrogen-bond donors (Lipinski definition) is 1. The van der Waals surface area contributed by atoms with Crippen molar-refractivity contribution in [3.8, 4) is 0 Å². The van der Waals surface area contributed by atoms with Crippen LogP contribution in [0.1, 0.15) is 32.3 Å². The number of nitrogens with one attached hydrogen (secondary N) is 1. The molecular weight excluding hydrogens is 376 g/mol. The van der Waals surface area contributed by atoms with E-state index < -0.39 is 24.0 Å². The zero-order valence-corrected chi connectivity index (χ0v) is 16.4. The van der Waals surface area contributed by atoms with Gasteiger partial charge in [0.05, 0.1) is 4.87 Å². The van der Waals surface area contributed by atoms with E-state index in [1.807, 2.05) is 13.8 Å². The number of benzene rings is 1. The minimum atomic E-state index is -0.976. The topological polar surface area (TPSA) is 75.7 Å². The minimum absolute atomic E-state index is 0.0360. The SMILES string of the molecule is Cc1ccc(Cl)cc1NC(=O)[C@H](C)OC(=O)[C@H]1CS[C@@]2(C)CCC(=O)N12. The van der Waals surface area contributed by atoms with Gasteiger partial charge in [-0.15, -0.1) is 11.8 Å². The Morgan fingerprint density at radius 2 is 2.19 bits per heavy atom. The second-order valence-corrected chi connectivity index (χ2v) is 8.73. The van der Waals surface area contributed by atoms with Gasteiger partial charge in [-0.1, -0.05) is 17.7 Å². The number of rotatable bonds is 4. The monoisotopic (exact) mass is 396 g/mol. The number of carbonyl (C=O) groups excluding carboxylic acids is 3. The maximum atomic E-state index is 12.5. The molecule has 8 heteroatoms. The average molecular weight is 397 g/mol. The highest BCUT2D eigenvalue weighted by atomic mass is 35.5. The first-order chi connectivity index (χ1) is 12.2. The van der Waals surface area contributed by atoms with Gasteiger partial charge in [0.15, 0.2) is 6.10 Å². The van der Waals surface area contributed by atoms with Gasteiger partial charge in [0.2, 0.25) is 5.91 Å². The average Bonchev–Trinajstić information content (AvgIpc) is 3.07. The molecule has 0 bridgehead atoms. The van der Waals surface area contributed by atoms with Crippen LogP contribution in [0.25, 0.3) is 0 Å². The standard InChI is InChI=1S/C18H21ClN2O4S/c1-10-4-5-12(19)8-13(10)20-16(23)11(2)25-17(24)14-9-26-18(3)7-6-15(22)21(14)18/h4-5,8,11,14H,6-7,9H2,1-3H3,(H,20,23)/t11-,14+,18-/m0/s1. The summed E-state index contributed by atoms with van der Waals surface area (Å²) in [5, 5.41) is 3.23. The zero-order chi connectivity index (χ0) is 19.1. The molecule has 2 fully saturated rings. The Morgan fingerprint density at radius 3 is 2.92 bits per heavy atom. The fourth-order valence-corrected chi connectivity index (χ4v) is 4.85. The Morgan fingerprint density at radius 1 is 1.46 bits per heavy atom. The maximum Gasteiger partial charge on any atom is 0.330 e. The molecule has 3 rings (SSSR count). The first-order valence-corrected chi connectivity index (χ1v) is 9.81. The summed E-state index contributed by atoms with van der Waals surface area (Å²) in [6.45, 7) is 5.33. The van der Waals surface area contributed by atoms with Crippen molar-refractivity contribution in [1.29, 1.82) is 0 Å². The molecule has 6 nitrogen and oxygen atoms in total. The van der Waals surface area contributed by atoms with E-state index in [2.05, 4.69) is 5.32 Å². The molecule has 1 aromatic rings. The lowest BCUT2D eigenvalue weighted by Crippen LogP contribution is -2.48. The van der Waals surface area contributed by atoms with Crippen molar-refractivity contribution in [1.82, 2.24) is 4.90 Å². The summed E-state index contributed by atoms with van der Waals surface area (Å²) >= 11 is 7.54. The summed E-state index contributed by atoms with van der Waals surface area (Å²) in [6, 6.07) is 4.54. The number of halogens is 1. The summed E-state index contributed by atoms with van der Waals surface area (Å²) in [4.78, 5) is 38.3. The van der Waals surface area contributed by atoms with Gasteiger partial charge >= 0.3 is 5.97 Å². The third-order valence-electron chi connectivity index (χ3n) is 4.84. The number of amides is 2. The van der Waals surface area contributed by atoms with Crippen molar-refractivity contribution in [3.05, 3.63) is 28.8 Å². The molecular formula is C18H21ClN2O4S. The molecule has 0 unspecified atom stereocenters. The van der Waals surface area contributed by atoms with Crippen LogP contribution in [0, 0.1) is 6.92 Å². The molecule has 2 aliphatic rings. The number of esters is 1. The molecule has 140 valence electrons. The largest absolute Gasteiger partial charge is 0.451 e. The van der Waals surface area contributed by atoms with Gasteiger partial charge in [0.25, 0.3) is 5.91 Å². The fourth-order valence-electron chi connectivity index (χ4n) is 3.26. The molecule has 2 saturated heterocycles. The molecule has 0 radical (unpaired) electrons. The Bertz CT molecular complexity index is 772. The van der Waals surface area contributed by atoms with E-state index in [9.17, 15) is 14.4 Å². The van der Waals surface area contributed by atoms with Crippen molar-refractivity contribution in [2.75, 3.05) is 11.1 Å². The van der Waals surface area contributed by atoms with Crippen LogP contribution in [0.15, 0.2) is 18.2 Å². The van der Waals surface area contributed by atoms with Crippen molar-refractivity contribution >= 4 is 46.8 Å². The van der Waals surface area contributed by atoms with Crippen LogP contribution in [0.3, 0.4) is 0 Å². The van der Waals surface area contributed by atoms with Gasteiger partial charge in [0, 0.05) is 22.9 Å². The van der Waals surface area contributed by atoms with E-state index in [0.29, 0.717) is 22.9 Å². The van der Waals surface area contributed by atoms with Crippen LogP contribution in [-0.4, -0.2) is 45.5 Å². The van der Waals surface area contributed by atoms with Crippen molar-refractivity contribution in [3.63, 3.8) is 0 Å². The van der Waals surface area contributed by atoms with E-state index in [1.165, 1.54) is 6.92 Å². The molecule has 2 amide bonds. The van der Waals surface area contributed by atoms with Crippen LogP contribution < -0.4 is 5.32 Å². The van der Waals surface area contributed by atoms with Crippen LogP contribution >= 0.6 is 23.4 Å². The summed E-state index contributed by atoms with van der Waals surface area (Å²) in [5.41, 5.74) is 1.43. The normalized spacial score (nSPS) is 25.8. The second-order valence-electron chi connectivity index (χ2n) is 6.79. The summed E-state index contributed by atoms with van der Waals surface area (Å²) < 4.78 is 5.35. The summed E-state index contributed by atoms with van der Waals surface area (Å²) in [7, 11) is 0. The molecule has 2 heterocycles. The van der Waals surface area contributed by atoms with Gasteiger partial charge in [-0.25, -0.2) is 4.79 Å². The summed E-state index contributed by atoms with van der Waals surface area (Å²) in [6.07, 6.45) is 0.192. The van der Waals surface area contributed by atoms with Crippen molar-refractivity contribution in [2.24, 2.45) is 0 Å². The van der Waals surface area contributed by atoms with Gasteiger partial charge < -0.3 is 15.0 Å². The Balaban J connectivity index is 1.63. The van der Waals surface area contributed by atoms with Crippen LogP contribution in [0.4, 0.5) is 5.69 Å². The molecule has 1 aromatic carbocycles. The molecule has 0 aromatic heterocycles. The molecule has 1 N–H and O–H groups in total. The molecule has 3 atom stereocenters. The zero-order valence-electron chi connectivity index (χ0n) is 14.9. The highest BCUT2D eigenvalue weighted by Crippen LogP contribution is 2.47. The third kappa shape index (κ3) is 3.55. The third-order valence-corrected chi connectivity index (χ3v) is 6.58. The lowest BCUT2D eigenvalue weighted by molar-refractivity contribution is -0.160. The lowest BCUT2D eigenvalue weighted by Gasteiger charge is -2.29. The number of thioether (sulfide) groups is 1. The van der Waals surface area contributed by atoms with Gasteiger partial charge in [-0.3, -0.25) is 9.59 Å². The summed E-state index contributed by atoms with van der Waals surface area (Å²) in [5.74, 6) is -0.527. The minimum Gasteiger partial charge on any atom is -0.451 e. The highest BCUT2D eigenvalue weighted by Gasteiger charge is 2.53. The Labute approximate surface area is 161 Å². The van der Waals surface area contributed by atoms with Crippen molar-refractivity contribution < 1.29 is 19.1 Å². The fraction of sp³-hybridized carbons (Fsp3) is 0.500. The van der Waals surface area contributed by atoms with Crippen LogP contribution in [-0.2, 0) is 19.1 Å². The van der Waals surface area contributed by atoms with E-state index in [-0.39, 0.29) is 10.8 Å². The number of carbonyl (C=O) groups is 3.